The highest BCUT2D eigenvalue weighted by atomic mass is 35.5. The van der Waals surface area contributed by atoms with Crippen LogP contribution >= 0.6 is 11.6 Å². The number of rotatable bonds is 6. The Labute approximate surface area is 140 Å². The lowest BCUT2D eigenvalue weighted by atomic mass is 10.0. The number of hydrogen-bond donors (Lipinski definition) is 2. The number of aliphatic hydroxyl groups is 1. The molecule has 0 fully saturated rings. The van der Waals surface area contributed by atoms with Crippen molar-refractivity contribution >= 4 is 17.5 Å². The molecule has 2 N–H and O–H groups in total. The summed E-state index contributed by atoms with van der Waals surface area (Å²) in [7, 11) is 0. The van der Waals surface area contributed by atoms with Crippen LogP contribution in [0.25, 0.3) is 0 Å². The van der Waals surface area contributed by atoms with Gasteiger partial charge in [0.2, 0.25) is 5.91 Å². The molecule has 23 heavy (non-hydrogen) atoms. The van der Waals surface area contributed by atoms with Crippen LogP contribution in [0, 0.1) is 13.8 Å². The molecular weight excluding hydrogens is 316 g/mol. The highest BCUT2D eigenvalue weighted by Crippen LogP contribution is 2.19. The quantitative estimate of drug-likeness (QED) is 0.849. The molecule has 1 aromatic heterocycles. The molecule has 1 aromatic carbocycles. The number of hydrogen-bond acceptors (Lipinski definition) is 4. The lowest BCUT2D eigenvalue weighted by molar-refractivity contribution is -0.123. The van der Waals surface area contributed by atoms with E-state index >= 15 is 0 Å². The van der Waals surface area contributed by atoms with Crippen LogP contribution in [0.1, 0.15) is 42.0 Å². The predicted molar refractivity (Wildman–Crippen MR) is 88.3 cm³/mol. The molecule has 0 aliphatic rings. The fourth-order valence-electron chi connectivity index (χ4n) is 2.46. The lowest BCUT2D eigenvalue weighted by Crippen LogP contribution is -2.35. The molecule has 124 valence electrons. The number of aryl methyl sites for hydroxylation is 2. The molecule has 0 saturated carbocycles. The molecule has 2 aromatic rings. The van der Waals surface area contributed by atoms with Crippen molar-refractivity contribution in [3.63, 3.8) is 0 Å². The molecule has 0 spiro atoms. The van der Waals surface area contributed by atoms with Crippen LogP contribution in [0.15, 0.2) is 28.8 Å². The summed E-state index contributed by atoms with van der Waals surface area (Å²) >= 11 is 5.81. The average Bonchev–Trinajstić information content (AvgIpc) is 2.79. The van der Waals surface area contributed by atoms with Gasteiger partial charge < -0.3 is 14.9 Å². The number of nitrogens with zero attached hydrogens (tertiary/aromatic N) is 1. The molecule has 0 radical (unpaired) electrons. The van der Waals surface area contributed by atoms with Gasteiger partial charge in [-0.1, -0.05) is 28.9 Å². The molecule has 2 unspecified atom stereocenters. The molecule has 1 amide bonds. The van der Waals surface area contributed by atoms with E-state index < -0.39 is 6.10 Å². The molecule has 0 aliphatic heterocycles. The van der Waals surface area contributed by atoms with Crippen molar-refractivity contribution in [3.05, 3.63) is 51.9 Å². The van der Waals surface area contributed by atoms with Crippen LogP contribution in [0.4, 0.5) is 0 Å². The van der Waals surface area contributed by atoms with Crippen molar-refractivity contribution in [2.24, 2.45) is 0 Å². The third kappa shape index (κ3) is 4.81. The summed E-state index contributed by atoms with van der Waals surface area (Å²) in [4.78, 5) is 12.1. The predicted octanol–water partition coefficient (Wildman–Crippen LogP) is 3.12. The molecule has 2 atom stereocenters. The molecule has 1 heterocycles. The Hall–Kier alpha value is -1.85. The zero-order chi connectivity index (χ0) is 17.0. The Morgan fingerprint density at radius 1 is 1.35 bits per heavy atom. The van der Waals surface area contributed by atoms with E-state index in [9.17, 15) is 9.90 Å². The Bertz CT molecular complexity index is 647. The first kappa shape index (κ1) is 17.5. The minimum absolute atomic E-state index is 0.00751. The maximum Gasteiger partial charge on any atom is 0.223 e. The van der Waals surface area contributed by atoms with Gasteiger partial charge >= 0.3 is 0 Å². The summed E-state index contributed by atoms with van der Waals surface area (Å²) in [5, 5.41) is 17.5. The van der Waals surface area contributed by atoms with Gasteiger partial charge in [0.05, 0.1) is 18.2 Å². The van der Waals surface area contributed by atoms with Gasteiger partial charge in [-0.05, 0) is 44.9 Å². The number of carbonyl (C=O) groups excluding carboxylic acids is 1. The number of aliphatic hydroxyl groups excluding tert-OH is 1. The zero-order valence-corrected chi connectivity index (χ0v) is 14.2. The van der Waals surface area contributed by atoms with Crippen LogP contribution in [0.5, 0.6) is 0 Å². The number of halogens is 1. The van der Waals surface area contributed by atoms with Crippen molar-refractivity contribution in [2.45, 2.75) is 45.8 Å². The number of carbonyl (C=O) groups is 1. The number of amides is 1. The third-order valence-corrected chi connectivity index (χ3v) is 3.98. The minimum atomic E-state index is -0.849. The summed E-state index contributed by atoms with van der Waals surface area (Å²) < 4.78 is 5.12. The van der Waals surface area contributed by atoms with Crippen molar-refractivity contribution < 1.29 is 14.4 Å². The van der Waals surface area contributed by atoms with E-state index in [0.717, 1.165) is 17.0 Å². The van der Waals surface area contributed by atoms with Crippen LogP contribution in [-0.4, -0.2) is 22.2 Å². The molecule has 2 rings (SSSR count). The Balaban J connectivity index is 1.87. The summed E-state index contributed by atoms with van der Waals surface area (Å²) in [5.41, 5.74) is 2.52. The van der Waals surface area contributed by atoms with Gasteiger partial charge in [-0.15, -0.1) is 0 Å². The van der Waals surface area contributed by atoms with E-state index in [0.29, 0.717) is 17.0 Å². The molecule has 5 nitrogen and oxygen atoms in total. The number of aromatic nitrogens is 1. The average molecular weight is 337 g/mol. The van der Waals surface area contributed by atoms with E-state index in [1.54, 1.807) is 24.3 Å². The SMILES string of the molecule is Cc1noc(C)c1CC(C)NC(=O)CC(O)c1ccc(Cl)cc1. The van der Waals surface area contributed by atoms with Crippen LogP contribution in [0.2, 0.25) is 5.02 Å². The zero-order valence-electron chi connectivity index (χ0n) is 13.5. The second-order valence-corrected chi connectivity index (χ2v) is 6.18. The smallest absolute Gasteiger partial charge is 0.223 e. The normalized spacial score (nSPS) is 13.6. The summed E-state index contributed by atoms with van der Waals surface area (Å²) in [6.45, 7) is 5.65. The summed E-state index contributed by atoms with van der Waals surface area (Å²) in [6.07, 6.45) is -0.198. The molecule has 0 aliphatic carbocycles. The third-order valence-electron chi connectivity index (χ3n) is 3.73. The Morgan fingerprint density at radius 3 is 2.57 bits per heavy atom. The molecule has 0 bridgehead atoms. The van der Waals surface area contributed by atoms with Crippen molar-refractivity contribution in [1.82, 2.24) is 10.5 Å². The fraction of sp³-hybridized carbons (Fsp3) is 0.412. The van der Waals surface area contributed by atoms with Gasteiger partial charge in [-0.2, -0.15) is 0 Å². The lowest BCUT2D eigenvalue weighted by Gasteiger charge is -2.16. The second kappa shape index (κ2) is 7.62. The maximum absolute atomic E-state index is 12.1. The Morgan fingerprint density at radius 2 is 2.00 bits per heavy atom. The van der Waals surface area contributed by atoms with E-state index in [1.165, 1.54) is 0 Å². The van der Waals surface area contributed by atoms with Crippen LogP contribution in [-0.2, 0) is 11.2 Å². The van der Waals surface area contributed by atoms with Gasteiger partial charge in [0.25, 0.3) is 0 Å². The van der Waals surface area contributed by atoms with E-state index in [4.69, 9.17) is 16.1 Å². The highest BCUT2D eigenvalue weighted by molar-refractivity contribution is 6.30. The van der Waals surface area contributed by atoms with E-state index in [1.807, 2.05) is 20.8 Å². The van der Waals surface area contributed by atoms with Crippen LogP contribution < -0.4 is 5.32 Å². The number of nitrogens with one attached hydrogen (secondary N) is 1. The van der Waals surface area contributed by atoms with Crippen LogP contribution in [0.3, 0.4) is 0 Å². The summed E-state index contributed by atoms with van der Waals surface area (Å²) in [5.74, 6) is 0.566. The largest absolute Gasteiger partial charge is 0.388 e. The first-order chi connectivity index (χ1) is 10.9. The maximum atomic E-state index is 12.1. The Kier molecular flexibility index (Phi) is 5.80. The van der Waals surface area contributed by atoms with Crippen molar-refractivity contribution in [2.75, 3.05) is 0 Å². The van der Waals surface area contributed by atoms with Gasteiger partial charge in [-0.3, -0.25) is 4.79 Å². The second-order valence-electron chi connectivity index (χ2n) is 5.75. The molecule has 0 saturated heterocycles. The monoisotopic (exact) mass is 336 g/mol. The standard InChI is InChI=1S/C17H21ClN2O3/c1-10(8-15-11(2)20-23-12(15)3)19-17(22)9-16(21)13-4-6-14(18)7-5-13/h4-7,10,16,21H,8-9H2,1-3H3,(H,19,22). The summed E-state index contributed by atoms with van der Waals surface area (Å²) in [6, 6.07) is 6.74. The topological polar surface area (TPSA) is 75.4 Å². The van der Waals surface area contributed by atoms with Gasteiger partial charge in [-0.25, -0.2) is 0 Å². The molecular formula is C17H21ClN2O3. The van der Waals surface area contributed by atoms with E-state index in [2.05, 4.69) is 10.5 Å². The first-order valence-corrected chi connectivity index (χ1v) is 7.89. The van der Waals surface area contributed by atoms with Gasteiger partial charge in [0, 0.05) is 16.6 Å². The van der Waals surface area contributed by atoms with Gasteiger partial charge in [0.15, 0.2) is 0 Å². The first-order valence-electron chi connectivity index (χ1n) is 7.51. The highest BCUT2D eigenvalue weighted by Gasteiger charge is 2.17. The van der Waals surface area contributed by atoms with E-state index in [-0.39, 0.29) is 18.4 Å². The van der Waals surface area contributed by atoms with Crippen molar-refractivity contribution in [3.8, 4) is 0 Å². The van der Waals surface area contributed by atoms with Crippen molar-refractivity contribution in [1.29, 1.82) is 0 Å². The van der Waals surface area contributed by atoms with Gasteiger partial charge in [0.1, 0.15) is 5.76 Å². The number of benzene rings is 1. The fourth-order valence-corrected chi connectivity index (χ4v) is 2.59. The molecule has 6 heteroatoms. The minimum Gasteiger partial charge on any atom is -0.388 e.